The number of hydrogen-bond acceptors (Lipinski definition) is 1. The second-order valence-corrected chi connectivity index (χ2v) is 3.38. The topological polar surface area (TPSA) is 51.6 Å². The Hall–Kier alpha value is 0.520. The first kappa shape index (κ1) is 12.2. The minimum atomic E-state index is 0. The van der Waals surface area contributed by atoms with Gasteiger partial charge in [0, 0.05) is 5.75 Å². The number of rotatable bonds is 2. The molecular weight excluding hydrogens is 268 g/mol. The van der Waals surface area contributed by atoms with E-state index >= 15 is 0 Å². The van der Waals surface area contributed by atoms with Gasteiger partial charge < -0.3 is 17.0 Å². The Balaban J connectivity index is 0. The first-order chi connectivity index (χ1) is 3.63. The molecule has 0 aromatic rings. The first-order valence-corrected chi connectivity index (χ1v) is 3.74. The van der Waals surface area contributed by atoms with Crippen LogP contribution in [0.25, 0.3) is 0 Å². The number of hydrogen-bond donors (Lipinski definition) is 2. The zero-order valence-electron chi connectivity index (χ0n) is 4.73. The molecule has 0 saturated carbocycles. The molecule has 2 nitrogen and oxygen atoms in total. The summed E-state index contributed by atoms with van der Waals surface area (Å²) in [6.07, 6.45) is 0. The van der Waals surface area contributed by atoms with Crippen molar-refractivity contribution in [2.24, 2.45) is 5.73 Å². The highest BCUT2D eigenvalue weighted by Gasteiger charge is 1.94. The maximum atomic E-state index is 5.14. The molecule has 0 aliphatic rings. The predicted molar refractivity (Wildman–Crippen MR) is 41.6 cm³/mol. The smallest absolute Gasteiger partial charge is 0.300 e. The van der Waals surface area contributed by atoms with Crippen molar-refractivity contribution in [2.45, 2.75) is 0 Å². The molecule has 54 valence electrons. The Labute approximate surface area is 77.7 Å². The molecule has 0 radical (unpaired) electrons. The molecule has 5 heteroatoms. The summed E-state index contributed by atoms with van der Waals surface area (Å²) < 4.78 is 0.899. The monoisotopic (exact) mass is 274 g/mol. The molecule has 0 fully saturated rings. The van der Waals surface area contributed by atoms with Crippen molar-refractivity contribution in [3.63, 3.8) is 0 Å². The van der Waals surface area contributed by atoms with Crippen molar-refractivity contribution in [1.29, 1.82) is 0 Å². The summed E-state index contributed by atoms with van der Waals surface area (Å²) in [5.41, 5.74) is 5.14. The fourth-order valence-corrected chi connectivity index (χ4v) is 0.828. The van der Waals surface area contributed by atoms with Gasteiger partial charge in [0.15, 0.2) is 0 Å². The summed E-state index contributed by atoms with van der Waals surface area (Å²) in [7, 11) is 0. The molecule has 0 rings (SSSR count). The molecule has 9 heavy (non-hydrogen) atoms. The van der Waals surface area contributed by atoms with Crippen LogP contribution < -0.4 is 28.1 Å². The van der Waals surface area contributed by atoms with E-state index in [1.54, 1.807) is 0 Å². The van der Waals surface area contributed by atoms with Gasteiger partial charge in [0.1, 0.15) is 0 Å². The number of amidine groups is 1. The third-order valence-electron chi connectivity index (χ3n) is 0.395. The van der Waals surface area contributed by atoms with Crippen LogP contribution in [0, 0.1) is 0 Å². The molecule has 0 saturated heterocycles. The number of nitrogens with two attached hydrogens (primary N) is 2. The average molecular weight is 276 g/mol. The van der Waals surface area contributed by atoms with Crippen LogP contribution in [0.15, 0.2) is 11.1 Å². The standard InChI is InChI=1S/C4H7BrN2S.BrH/c1-3(5)2-8-4(6)7;/h1-2H2,(H3,6,7);1H. The molecule has 0 atom stereocenters. The van der Waals surface area contributed by atoms with Gasteiger partial charge >= 0.3 is 0 Å². The molecule has 0 aliphatic carbocycles. The highest BCUT2D eigenvalue weighted by molar-refractivity contribution is 9.11. The van der Waals surface area contributed by atoms with E-state index in [0.717, 1.165) is 10.2 Å². The highest BCUT2D eigenvalue weighted by Crippen LogP contribution is 2.08. The largest absolute Gasteiger partial charge is 1.00 e. The lowest BCUT2D eigenvalue weighted by Crippen LogP contribution is -3.00. The fraction of sp³-hybridized carbons (Fsp3) is 0.250. The van der Waals surface area contributed by atoms with Gasteiger partial charge in [0.05, 0.1) is 0 Å². The molecule has 0 aromatic heterocycles. The summed E-state index contributed by atoms with van der Waals surface area (Å²) in [6.45, 7) is 3.60. The first-order valence-electron chi connectivity index (χ1n) is 1.97. The van der Waals surface area contributed by atoms with Gasteiger partial charge in [-0.3, -0.25) is 11.1 Å². The third-order valence-corrected chi connectivity index (χ3v) is 1.87. The predicted octanol–water partition coefficient (Wildman–Crippen LogP) is -3.29. The highest BCUT2D eigenvalue weighted by atomic mass is 79.9. The summed E-state index contributed by atoms with van der Waals surface area (Å²) in [4.78, 5) is 0. The Bertz CT molecular complexity index is 101. The maximum absolute atomic E-state index is 5.14. The summed E-state index contributed by atoms with van der Waals surface area (Å²) >= 11 is 4.53. The third kappa shape index (κ3) is 11.9. The molecule has 0 bridgehead atoms. The number of thioether (sulfide) groups is 1. The Kier molecular flexibility index (Phi) is 9.01. The van der Waals surface area contributed by atoms with Crippen LogP contribution in [-0.2, 0) is 0 Å². The Morgan fingerprint density at radius 1 is 1.78 bits per heavy atom. The van der Waals surface area contributed by atoms with Crippen LogP contribution >= 0.6 is 27.7 Å². The number of halogens is 2. The normalized spacial score (nSPS) is 7.67. The molecule has 4 N–H and O–H groups in total. The Morgan fingerprint density at radius 3 is 2.33 bits per heavy atom. The van der Waals surface area contributed by atoms with Gasteiger partial charge in [-0.1, -0.05) is 22.5 Å². The minimum Gasteiger partial charge on any atom is -1.00 e. The van der Waals surface area contributed by atoms with E-state index in [1.807, 2.05) is 0 Å². The van der Waals surface area contributed by atoms with Gasteiger partial charge in [0.2, 0.25) is 0 Å². The van der Waals surface area contributed by atoms with Crippen molar-refractivity contribution in [1.82, 2.24) is 0 Å². The SMILES string of the molecule is C=C(Br)CSC(N)=[NH2+].[Br-]. The summed E-state index contributed by atoms with van der Waals surface area (Å²) in [5.74, 6) is 0.738. The van der Waals surface area contributed by atoms with Crippen molar-refractivity contribution in [3.05, 3.63) is 11.1 Å². The van der Waals surface area contributed by atoms with Crippen molar-refractivity contribution in [2.75, 3.05) is 5.75 Å². The lowest BCUT2D eigenvalue weighted by Gasteiger charge is -1.88. The van der Waals surface area contributed by atoms with E-state index in [2.05, 4.69) is 22.5 Å². The van der Waals surface area contributed by atoms with Gasteiger partial charge in [-0.05, 0) is 16.2 Å². The van der Waals surface area contributed by atoms with Crippen LogP contribution in [-0.4, -0.2) is 10.9 Å². The fourth-order valence-electron chi connectivity index (χ4n) is 0.162. The summed E-state index contributed by atoms with van der Waals surface area (Å²) in [6, 6.07) is 0. The van der Waals surface area contributed by atoms with Gasteiger partial charge in [-0.25, -0.2) is 0 Å². The van der Waals surface area contributed by atoms with E-state index in [-0.39, 0.29) is 17.0 Å². The second kappa shape index (κ2) is 6.64. The quantitative estimate of drug-likeness (QED) is 0.410. The maximum Gasteiger partial charge on any atom is 0.300 e. The van der Waals surface area contributed by atoms with Crippen LogP contribution in [0.5, 0.6) is 0 Å². The van der Waals surface area contributed by atoms with Gasteiger partial charge in [-0.2, -0.15) is 0 Å². The molecule has 0 heterocycles. The zero-order valence-corrected chi connectivity index (χ0v) is 8.72. The molecule has 0 amide bonds. The van der Waals surface area contributed by atoms with E-state index in [0.29, 0.717) is 5.17 Å². The summed E-state index contributed by atoms with van der Waals surface area (Å²) in [5, 5.41) is 5.52. The minimum absolute atomic E-state index is 0. The van der Waals surface area contributed by atoms with E-state index in [1.165, 1.54) is 11.8 Å². The molecule has 0 aliphatic heterocycles. The van der Waals surface area contributed by atoms with Gasteiger partial charge in [0.25, 0.3) is 5.17 Å². The molecular formula is C4H8Br2N2S. The molecule has 0 spiro atoms. The van der Waals surface area contributed by atoms with Crippen LogP contribution in [0.4, 0.5) is 0 Å². The lowest BCUT2D eigenvalue weighted by molar-refractivity contribution is -0.110. The average Bonchev–Trinajstić information content (AvgIpc) is 1.61. The van der Waals surface area contributed by atoms with E-state index < -0.39 is 0 Å². The van der Waals surface area contributed by atoms with Crippen molar-refractivity contribution >= 4 is 32.9 Å². The van der Waals surface area contributed by atoms with E-state index in [9.17, 15) is 0 Å². The van der Waals surface area contributed by atoms with E-state index in [4.69, 9.17) is 11.1 Å². The van der Waals surface area contributed by atoms with Gasteiger partial charge in [-0.15, -0.1) is 0 Å². The Morgan fingerprint density at radius 2 is 2.22 bits per heavy atom. The van der Waals surface area contributed by atoms with Crippen LogP contribution in [0.3, 0.4) is 0 Å². The molecule has 0 aromatic carbocycles. The van der Waals surface area contributed by atoms with Crippen LogP contribution in [0.1, 0.15) is 0 Å². The lowest BCUT2D eigenvalue weighted by atomic mass is 10.8. The second-order valence-electron chi connectivity index (χ2n) is 1.21. The molecule has 0 unspecified atom stereocenters. The zero-order chi connectivity index (χ0) is 6.57. The van der Waals surface area contributed by atoms with Crippen molar-refractivity contribution < 1.29 is 22.4 Å². The van der Waals surface area contributed by atoms with Crippen LogP contribution in [0.2, 0.25) is 0 Å². The van der Waals surface area contributed by atoms with Crippen molar-refractivity contribution in [3.8, 4) is 0 Å².